The molecule has 0 bridgehead atoms. The summed E-state index contributed by atoms with van der Waals surface area (Å²) in [7, 11) is 3.48. The molecular formula is C10H16N2O2. The first-order valence-electron chi connectivity index (χ1n) is 4.53. The molecule has 0 aliphatic rings. The molecule has 1 aromatic rings. The van der Waals surface area contributed by atoms with E-state index in [1.54, 1.807) is 20.2 Å². The van der Waals surface area contributed by atoms with Gasteiger partial charge >= 0.3 is 0 Å². The first-order valence-corrected chi connectivity index (χ1v) is 4.53. The van der Waals surface area contributed by atoms with Crippen LogP contribution in [0.15, 0.2) is 18.3 Å². The van der Waals surface area contributed by atoms with E-state index < -0.39 is 0 Å². The van der Waals surface area contributed by atoms with Crippen LogP contribution in [0, 0.1) is 0 Å². The molecule has 1 N–H and O–H groups in total. The predicted octanol–water partition coefficient (Wildman–Crippen LogP) is 0.907. The van der Waals surface area contributed by atoms with Crippen molar-refractivity contribution in [2.45, 2.75) is 13.0 Å². The Bertz CT molecular complexity index is 289. The van der Waals surface area contributed by atoms with Crippen LogP contribution in [-0.2, 0) is 0 Å². The molecule has 4 heteroatoms. The topological polar surface area (TPSA) is 45.6 Å². The Morgan fingerprint density at radius 2 is 2.36 bits per heavy atom. The van der Waals surface area contributed by atoms with Gasteiger partial charge in [-0.3, -0.25) is 0 Å². The molecule has 1 unspecified atom stereocenters. The summed E-state index contributed by atoms with van der Waals surface area (Å²) in [6.45, 7) is 2.28. The number of aromatic nitrogens is 1. The van der Waals surface area contributed by atoms with Crippen molar-refractivity contribution in [3.63, 3.8) is 0 Å². The van der Waals surface area contributed by atoms with E-state index in [1.165, 1.54) is 0 Å². The molecule has 4 nitrogen and oxygen atoms in total. The minimum atomic E-state index is -0.383. The van der Waals surface area contributed by atoms with E-state index in [0.717, 1.165) is 11.6 Å². The van der Waals surface area contributed by atoms with Crippen LogP contribution in [0.25, 0.3) is 0 Å². The zero-order chi connectivity index (χ0) is 10.6. The molecule has 0 aliphatic carbocycles. The lowest BCUT2D eigenvalue weighted by molar-refractivity contribution is 0.201. The van der Waals surface area contributed by atoms with E-state index in [2.05, 4.69) is 4.98 Å². The van der Waals surface area contributed by atoms with Gasteiger partial charge in [0.2, 0.25) is 0 Å². The molecule has 0 amide bonds. The molecule has 0 spiro atoms. The fourth-order valence-electron chi connectivity index (χ4n) is 1.31. The number of ether oxygens (including phenoxy) is 1. The summed E-state index contributed by atoms with van der Waals surface area (Å²) in [5.41, 5.74) is 0. The number of anilines is 1. The Balaban J connectivity index is 2.82. The van der Waals surface area contributed by atoms with Gasteiger partial charge in [0.1, 0.15) is 0 Å². The monoisotopic (exact) mass is 196 g/mol. The smallest absolute Gasteiger partial charge is 0.171 e. The summed E-state index contributed by atoms with van der Waals surface area (Å²) < 4.78 is 5.16. The Hall–Kier alpha value is -1.29. The zero-order valence-electron chi connectivity index (χ0n) is 8.77. The number of rotatable bonds is 4. The van der Waals surface area contributed by atoms with Gasteiger partial charge in [0.05, 0.1) is 13.2 Å². The quantitative estimate of drug-likeness (QED) is 0.777. The van der Waals surface area contributed by atoms with Crippen molar-refractivity contribution in [1.29, 1.82) is 0 Å². The van der Waals surface area contributed by atoms with Crippen LogP contribution in [0.5, 0.6) is 5.75 Å². The molecule has 1 aromatic heterocycles. The minimum absolute atomic E-state index is 0.383. The maximum atomic E-state index is 9.24. The molecule has 0 fully saturated rings. The molecule has 0 aliphatic heterocycles. The van der Waals surface area contributed by atoms with Crippen LogP contribution in [-0.4, -0.2) is 36.9 Å². The second-order valence-corrected chi connectivity index (χ2v) is 3.26. The highest BCUT2D eigenvalue weighted by atomic mass is 16.5. The minimum Gasteiger partial charge on any atom is -0.493 e. The number of hydrogen-bond donors (Lipinski definition) is 1. The van der Waals surface area contributed by atoms with Gasteiger partial charge in [-0.15, -0.1) is 0 Å². The third kappa shape index (κ3) is 2.60. The lowest BCUT2D eigenvalue weighted by Crippen LogP contribution is -2.27. The van der Waals surface area contributed by atoms with E-state index in [9.17, 15) is 5.11 Å². The molecule has 1 atom stereocenters. The van der Waals surface area contributed by atoms with Crippen molar-refractivity contribution in [2.75, 3.05) is 25.6 Å². The van der Waals surface area contributed by atoms with Crippen LogP contribution in [0.3, 0.4) is 0 Å². The SMILES string of the molecule is COc1cccnc1N(C)CC(C)O. The Morgan fingerprint density at radius 3 is 2.93 bits per heavy atom. The van der Waals surface area contributed by atoms with Gasteiger partial charge in [-0.25, -0.2) is 4.98 Å². The second kappa shape index (κ2) is 4.81. The highest BCUT2D eigenvalue weighted by Crippen LogP contribution is 2.23. The summed E-state index contributed by atoms with van der Waals surface area (Å²) in [4.78, 5) is 6.06. The van der Waals surface area contributed by atoms with Crippen molar-refractivity contribution in [2.24, 2.45) is 0 Å². The highest BCUT2D eigenvalue weighted by molar-refractivity contribution is 5.51. The van der Waals surface area contributed by atoms with Crippen molar-refractivity contribution in [3.8, 4) is 5.75 Å². The van der Waals surface area contributed by atoms with Gasteiger partial charge in [0.15, 0.2) is 11.6 Å². The summed E-state index contributed by atoms with van der Waals surface area (Å²) >= 11 is 0. The van der Waals surface area contributed by atoms with Gasteiger partial charge < -0.3 is 14.7 Å². The summed E-state index contributed by atoms with van der Waals surface area (Å²) in [5, 5.41) is 9.24. The van der Waals surface area contributed by atoms with E-state index in [0.29, 0.717) is 6.54 Å². The van der Waals surface area contributed by atoms with Crippen molar-refractivity contribution < 1.29 is 9.84 Å². The maximum absolute atomic E-state index is 9.24. The number of nitrogens with zero attached hydrogens (tertiary/aromatic N) is 2. The largest absolute Gasteiger partial charge is 0.493 e. The maximum Gasteiger partial charge on any atom is 0.171 e. The number of pyridine rings is 1. The van der Waals surface area contributed by atoms with Gasteiger partial charge in [-0.1, -0.05) is 0 Å². The van der Waals surface area contributed by atoms with E-state index in [1.807, 2.05) is 24.1 Å². The first-order chi connectivity index (χ1) is 6.65. The first kappa shape index (κ1) is 10.8. The van der Waals surface area contributed by atoms with Gasteiger partial charge in [0, 0.05) is 19.8 Å². The van der Waals surface area contributed by atoms with E-state index in [4.69, 9.17) is 4.74 Å². The Kier molecular flexibility index (Phi) is 3.71. The van der Waals surface area contributed by atoms with Crippen molar-refractivity contribution in [3.05, 3.63) is 18.3 Å². The van der Waals surface area contributed by atoms with Gasteiger partial charge in [-0.2, -0.15) is 0 Å². The molecule has 0 saturated carbocycles. The number of methoxy groups -OCH3 is 1. The van der Waals surface area contributed by atoms with Crippen molar-refractivity contribution >= 4 is 5.82 Å². The average Bonchev–Trinajstić information content (AvgIpc) is 2.16. The Morgan fingerprint density at radius 1 is 1.64 bits per heavy atom. The lowest BCUT2D eigenvalue weighted by atomic mass is 10.3. The number of aliphatic hydroxyl groups is 1. The van der Waals surface area contributed by atoms with Crippen molar-refractivity contribution in [1.82, 2.24) is 4.98 Å². The lowest BCUT2D eigenvalue weighted by Gasteiger charge is -2.21. The summed E-state index contributed by atoms with van der Waals surface area (Å²) in [6.07, 6.45) is 1.32. The van der Waals surface area contributed by atoms with Crippen LogP contribution >= 0.6 is 0 Å². The van der Waals surface area contributed by atoms with Crippen LogP contribution in [0.1, 0.15) is 6.92 Å². The fourth-order valence-corrected chi connectivity index (χ4v) is 1.31. The molecule has 1 heterocycles. The molecule has 0 radical (unpaired) electrons. The molecule has 0 aromatic carbocycles. The predicted molar refractivity (Wildman–Crippen MR) is 55.7 cm³/mol. The Labute approximate surface area is 84.1 Å². The molecule has 1 rings (SSSR count). The summed E-state index contributed by atoms with van der Waals surface area (Å²) in [6, 6.07) is 3.67. The number of likely N-dealkylation sites (N-methyl/N-ethyl adjacent to an activating group) is 1. The van der Waals surface area contributed by atoms with E-state index >= 15 is 0 Å². The van der Waals surface area contributed by atoms with E-state index in [-0.39, 0.29) is 6.10 Å². The number of hydrogen-bond acceptors (Lipinski definition) is 4. The normalized spacial score (nSPS) is 12.3. The van der Waals surface area contributed by atoms with Crippen LogP contribution < -0.4 is 9.64 Å². The average molecular weight is 196 g/mol. The van der Waals surface area contributed by atoms with Crippen LogP contribution in [0.4, 0.5) is 5.82 Å². The molecular weight excluding hydrogens is 180 g/mol. The van der Waals surface area contributed by atoms with Gasteiger partial charge in [-0.05, 0) is 19.1 Å². The number of aliphatic hydroxyl groups excluding tert-OH is 1. The third-order valence-electron chi connectivity index (χ3n) is 1.87. The zero-order valence-corrected chi connectivity index (χ0v) is 8.77. The van der Waals surface area contributed by atoms with Gasteiger partial charge in [0.25, 0.3) is 0 Å². The molecule has 14 heavy (non-hydrogen) atoms. The summed E-state index contributed by atoms with van der Waals surface area (Å²) in [5.74, 6) is 1.46. The fraction of sp³-hybridized carbons (Fsp3) is 0.500. The highest BCUT2D eigenvalue weighted by Gasteiger charge is 2.10. The standard InChI is InChI=1S/C10H16N2O2/c1-8(13)7-12(2)10-9(14-3)5-4-6-11-10/h4-6,8,13H,7H2,1-3H3. The van der Waals surface area contributed by atoms with Crippen LogP contribution in [0.2, 0.25) is 0 Å². The molecule has 0 saturated heterocycles. The third-order valence-corrected chi connectivity index (χ3v) is 1.87. The second-order valence-electron chi connectivity index (χ2n) is 3.26. The molecule has 78 valence electrons.